The van der Waals surface area contributed by atoms with E-state index in [0.717, 1.165) is 12.8 Å². The minimum atomic E-state index is -3.49. The number of hydrogen-bond donors (Lipinski definition) is 1. The first-order valence-electron chi connectivity index (χ1n) is 6.95. The molecule has 0 spiro atoms. The molecule has 0 amide bonds. The lowest BCUT2D eigenvalue weighted by Gasteiger charge is -2.23. The van der Waals surface area contributed by atoms with Gasteiger partial charge in [-0.05, 0) is 41.5 Å². The Morgan fingerprint density at radius 1 is 1.14 bits per heavy atom. The van der Waals surface area contributed by atoms with Crippen LogP contribution in [-0.2, 0) is 22.9 Å². The monoisotopic (exact) mass is 302 g/mol. The number of benzene rings is 1. The Balaban J connectivity index is 1.72. The summed E-state index contributed by atoms with van der Waals surface area (Å²) in [6.45, 7) is 2.55. The van der Waals surface area contributed by atoms with Crippen LogP contribution >= 0.6 is 0 Å². The van der Waals surface area contributed by atoms with E-state index in [1.54, 1.807) is 18.3 Å². The van der Waals surface area contributed by atoms with Crippen LogP contribution in [0.15, 0.2) is 53.7 Å². The molecule has 1 N–H and O–H groups in total. The number of aromatic nitrogens is 1. The van der Waals surface area contributed by atoms with Gasteiger partial charge in [-0.2, -0.15) is 0 Å². The second-order valence-corrected chi connectivity index (χ2v) is 7.71. The maximum Gasteiger partial charge on any atom is 0.242 e. The van der Waals surface area contributed by atoms with Crippen LogP contribution in [-0.4, -0.2) is 19.9 Å². The lowest BCUT2D eigenvalue weighted by Crippen LogP contribution is -2.36. The summed E-state index contributed by atoms with van der Waals surface area (Å²) in [6, 6.07) is 11.5. The number of fused-ring (bicyclic) bond motifs is 1. The van der Waals surface area contributed by atoms with Gasteiger partial charge in [0.1, 0.15) is 4.90 Å². The molecule has 1 aliphatic rings. The molecule has 0 unspecified atom stereocenters. The fourth-order valence-electron chi connectivity index (χ4n) is 2.87. The second kappa shape index (κ2) is 5.24. The number of pyridine rings is 1. The molecule has 0 fully saturated rings. The quantitative estimate of drug-likeness (QED) is 0.941. The van der Waals surface area contributed by atoms with Gasteiger partial charge >= 0.3 is 0 Å². The summed E-state index contributed by atoms with van der Waals surface area (Å²) in [5.41, 5.74) is 2.57. The van der Waals surface area contributed by atoms with Gasteiger partial charge in [-0.25, -0.2) is 13.1 Å². The van der Waals surface area contributed by atoms with Crippen LogP contribution in [0, 0.1) is 5.41 Å². The molecule has 3 rings (SSSR count). The standard InChI is InChI=1S/C16H18N2O2S/c1-16(9-13-5-2-3-6-14(13)10-16)12-18-21(19,20)15-7-4-8-17-11-15/h2-8,11,18H,9-10,12H2,1H3. The van der Waals surface area contributed by atoms with E-state index in [1.165, 1.54) is 17.3 Å². The van der Waals surface area contributed by atoms with Crippen molar-refractivity contribution in [2.75, 3.05) is 6.54 Å². The van der Waals surface area contributed by atoms with Crippen molar-refractivity contribution in [1.82, 2.24) is 9.71 Å². The van der Waals surface area contributed by atoms with Crippen LogP contribution in [0.25, 0.3) is 0 Å². The van der Waals surface area contributed by atoms with E-state index < -0.39 is 10.0 Å². The summed E-state index contributed by atoms with van der Waals surface area (Å²) < 4.78 is 27.2. The minimum Gasteiger partial charge on any atom is -0.263 e. The van der Waals surface area contributed by atoms with Crippen LogP contribution in [0.2, 0.25) is 0 Å². The highest BCUT2D eigenvalue weighted by Crippen LogP contribution is 2.36. The van der Waals surface area contributed by atoms with Gasteiger partial charge in [0.05, 0.1) is 0 Å². The molecule has 4 nitrogen and oxygen atoms in total. The van der Waals surface area contributed by atoms with Gasteiger partial charge in [0.15, 0.2) is 0 Å². The molecular weight excluding hydrogens is 284 g/mol. The van der Waals surface area contributed by atoms with E-state index in [-0.39, 0.29) is 10.3 Å². The molecule has 0 saturated heterocycles. The molecule has 0 bridgehead atoms. The first-order valence-corrected chi connectivity index (χ1v) is 8.43. The SMILES string of the molecule is CC1(CNS(=O)(=O)c2cccnc2)Cc2ccccc2C1. The number of nitrogens with zero attached hydrogens (tertiary/aromatic N) is 1. The largest absolute Gasteiger partial charge is 0.263 e. The molecule has 1 heterocycles. The number of hydrogen-bond acceptors (Lipinski definition) is 3. The van der Waals surface area contributed by atoms with Crippen LogP contribution < -0.4 is 4.72 Å². The molecule has 0 radical (unpaired) electrons. The van der Waals surface area contributed by atoms with E-state index in [9.17, 15) is 8.42 Å². The number of rotatable bonds is 4. The zero-order chi connectivity index (χ0) is 14.9. The zero-order valence-electron chi connectivity index (χ0n) is 11.9. The van der Waals surface area contributed by atoms with Crippen molar-refractivity contribution in [2.45, 2.75) is 24.7 Å². The van der Waals surface area contributed by atoms with Crippen molar-refractivity contribution in [1.29, 1.82) is 0 Å². The molecule has 1 aromatic heterocycles. The fraction of sp³-hybridized carbons (Fsp3) is 0.312. The highest BCUT2D eigenvalue weighted by Gasteiger charge is 2.33. The summed E-state index contributed by atoms with van der Waals surface area (Å²) in [5, 5.41) is 0. The van der Waals surface area contributed by atoms with Gasteiger partial charge in [0, 0.05) is 18.9 Å². The van der Waals surface area contributed by atoms with E-state index in [4.69, 9.17) is 0 Å². The predicted molar refractivity (Wildman–Crippen MR) is 81.4 cm³/mol. The Hall–Kier alpha value is -1.72. The molecular formula is C16H18N2O2S. The number of nitrogens with one attached hydrogen (secondary N) is 1. The lowest BCUT2D eigenvalue weighted by molar-refractivity contribution is 0.345. The van der Waals surface area contributed by atoms with Crippen LogP contribution in [0.1, 0.15) is 18.1 Å². The van der Waals surface area contributed by atoms with Gasteiger partial charge < -0.3 is 0 Å². The zero-order valence-corrected chi connectivity index (χ0v) is 12.7. The molecule has 5 heteroatoms. The van der Waals surface area contributed by atoms with Crippen molar-refractivity contribution >= 4 is 10.0 Å². The molecule has 21 heavy (non-hydrogen) atoms. The third kappa shape index (κ3) is 2.99. The normalized spacial score (nSPS) is 16.6. The van der Waals surface area contributed by atoms with Gasteiger partial charge in [-0.3, -0.25) is 4.98 Å². The Bertz CT molecular complexity index is 717. The van der Waals surface area contributed by atoms with Crippen molar-refractivity contribution in [3.63, 3.8) is 0 Å². The van der Waals surface area contributed by atoms with E-state index >= 15 is 0 Å². The summed E-state index contributed by atoms with van der Waals surface area (Å²) in [5.74, 6) is 0. The average Bonchev–Trinajstić information content (AvgIpc) is 2.83. The fourth-order valence-corrected chi connectivity index (χ4v) is 4.03. The highest BCUT2D eigenvalue weighted by molar-refractivity contribution is 7.89. The van der Waals surface area contributed by atoms with Gasteiger partial charge in [-0.15, -0.1) is 0 Å². The first-order chi connectivity index (χ1) is 9.99. The molecule has 0 aliphatic heterocycles. The van der Waals surface area contributed by atoms with Gasteiger partial charge in [-0.1, -0.05) is 31.2 Å². The predicted octanol–water partition coefficient (Wildman–Crippen LogP) is 2.17. The van der Waals surface area contributed by atoms with Crippen molar-refractivity contribution in [3.8, 4) is 0 Å². The van der Waals surface area contributed by atoms with Gasteiger partial charge in [0.2, 0.25) is 10.0 Å². The van der Waals surface area contributed by atoms with Crippen LogP contribution in [0.5, 0.6) is 0 Å². The third-order valence-electron chi connectivity index (χ3n) is 3.99. The Morgan fingerprint density at radius 3 is 2.38 bits per heavy atom. The van der Waals surface area contributed by atoms with E-state index in [1.807, 2.05) is 12.1 Å². The summed E-state index contributed by atoms with van der Waals surface area (Å²) in [6.07, 6.45) is 4.74. The Morgan fingerprint density at radius 2 is 1.81 bits per heavy atom. The van der Waals surface area contributed by atoms with E-state index in [0.29, 0.717) is 6.54 Å². The summed E-state index contributed by atoms with van der Waals surface area (Å²) in [7, 11) is -3.49. The highest BCUT2D eigenvalue weighted by atomic mass is 32.2. The third-order valence-corrected chi connectivity index (χ3v) is 5.37. The van der Waals surface area contributed by atoms with Gasteiger partial charge in [0.25, 0.3) is 0 Å². The maximum absolute atomic E-state index is 12.3. The Labute approximate surface area is 125 Å². The van der Waals surface area contributed by atoms with Crippen molar-refractivity contribution in [2.24, 2.45) is 5.41 Å². The lowest BCUT2D eigenvalue weighted by atomic mass is 9.88. The minimum absolute atomic E-state index is 0.0705. The number of sulfonamides is 1. The molecule has 110 valence electrons. The van der Waals surface area contributed by atoms with Crippen LogP contribution in [0.4, 0.5) is 0 Å². The molecule has 1 aliphatic carbocycles. The average molecular weight is 302 g/mol. The molecule has 0 saturated carbocycles. The molecule has 2 aromatic rings. The molecule has 0 atom stereocenters. The smallest absolute Gasteiger partial charge is 0.242 e. The van der Waals surface area contributed by atoms with Crippen molar-refractivity contribution in [3.05, 3.63) is 59.9 Å². The summed E-state index contributed by atoms with van der Waals surface area (Å²) in [4.78, 5) is 4.07. The van der Waals surface area contributed by atoms with E-state index in [2.05, 4.69) is 28.8 Å². The first kappa shape index (κ1) is 14.2. The van der Waals surface area contributed by atoms with Crippen molar-refractivity contribution < 1.29 is 8.42 Å². The Kier molecular flexibility index (Phi) is 3.55. The second-order valence-electron chi connectivity index (χ2n) is 5.95. The van der Waals surface area contributed by atoms with Crippen LogP contribution in [0.3, 0.4) is 0 Å². The molecule has 1 aromatic carbocycles. The summed E-state index contributed by atoms with van der Waals surface area (Å²) >= 11 is 0. The maximum atomic E-state index is 12.3. The topological polar surface area (TPSA) is 59.1 Å².